The van der Waals surface area contributed by atoms with Crippen molar-refractivity contribution in [2.24, 2.45) is 5.92 Å². The van der Waals surface area contributed by atoms with Crippen LogP contribution in [0.5, 0.6) is 0 Å². The van der Waals surface area contributed by atoms with E-state index >= 15 is 0 Å². The minimum Gasteiger partial charge on any atom is -0.392 e. The number of hydrogen-bond donors (Lipinski definition) is 1. The van der Waals surface area contributed by atoms with Gasteiger partial charge in [0.2, 0.25) is 0 Å². The number of allylic oxidation sites excluding steroid dienone is 2. The van der Waals surface area contributed by atoms with Crippen molar-refractivity contribution in [2.75, 3.05) is 0 Å². The minimum absolute atomic E-state index is 0.198. The topological polar surface area (TPSA) is 20.2 Å². The van der Waals surface area contributed by atoms with Gasteiger partial charge in [0.25, 0.3) is 0 Å². The number of benzene rings is 1. The lowest BCUT2D eigenvalue weighted by Crippen LogP contribution is -2.15. The zero-order valence-corrected chi connectivity index (χ0v) is 13.3. The highest BCUT2D eigenvalue weighted by Gasteiger charge is 2.11. The van der Waals surface area contributed by atoms with E-state index in [1.165, 1.54) is 16.7 Å². The molecular weight excluding hydrogens is 244 g/mol. The first-order valence-corrected chi connectivity index (χ1v) is 7.57. The molecule has 110 valence electrons. The van der Waals surface area contributed by atoms with Gasteiger partial charge in [-0.05, 0) is 38.7 Å². The Morgan fingerprint density at radius 3 is 2.40 bits per heavy atom. The Labute approximate surface area is 124 Å². The van der Waals surface area contributed by atoms with E-state index in [1.54, 1.807) is 0 Å². The summed E-state index contributed by atoms with van der Waals surface area (Å²) in [7, 11) is 0. The zero-order valence-electron chi connectivity index (χ0n) is 13.3. The summed E-state index contributed by atoms with van der Waals surface area (Å²) in [5.74, 6) is 0.198. The SMILES string of the molecule is CC/C(=C\C(C)C(O)CC=C(C)C)Cc1ccccc1. The molecule has 0 bridgehead atoms. The van der Waals surface area contributed by atoms with Crippen LogP contribution in [0.3, 0.4) is 0 Å². The molecule has 1 aromatic carbocycles. The van der Waals surface area contributed by atoms with Gasteiger partial charge in [0.15, 0.2) is 0 Å². The summed E-state index contributed by atoms with van der Waals surface area (Å²) >= 11 is 0. The third-order valence-electron chi connectivity index (χ3n) is 3.60. The maximum Gasteiger partial charge on any atom is 0.0634 e. The first kappa shape index (κ1) is 16.7. The van der Waals surface area contributed by atoms with Crippen molar-refractivity contribution in [3.05, 3.63) is 59.2 Å². The normalized spacial score (nSPS) is 14.8. The molecule has 0 aliphatic heterocycles. The first-order valence-electron chi connectivity index (χ1n) is 7.57. The van der Waals surface area contributed by atoms with Crippen LogP contribution < -0.4 is 0 Å². The van der Waals surface area contributed by atoms with Gasteiger partial charge in [-0.25, -0.2) is 0 Å². The van der Waals surface area contributed by atoms with Gasteiger partial charge in [-0.15, -0.1) is 0 Å². The third kappa shape index (κ3) is 6.21. The van der Waals surface area contributed by atoms with E-state index in [-0.39, 0.29) is 12.0 Å². The predicted molar refractivity (Wildman–Crippen MR) is 87.7 cm³/mol. The monoisotopic (exact) mass is 272 g/mol. The van der Waals surface area contributed by atoms with Gasteiger partial charge in [-0.2, -0.15) is 0 Å². The van der Waals surface area contributed by atoms with Crippen molar-refractivity contribution in [3.8, 4) is 0 Å². The van der Waals surface area contributed by atoms with Crippen molar-refractivity contribution in [1.29, 1.82) is 0 Å². The van der Waals surface area contributed by atoms with Gasteiger partial charge in [-0.1, -0.05) is 67.5 Å². The lowest BCUT2D eigenvalue weighted by atomic mass is 9.94. The van der Waals surface area contributed by atoms with Crippen molar-refractivity contribution in [1.82, 2.24) is 0 Å². The Balaban J connectivity index is 2.65. The second-order valence-corrected chi connectivity index (χ2v) is 5.78. The lowest BCUT2D eigenvalue weighted by molar-refractivity contribution is 0.140. The Morgan fingerprint density at radius 1 is 1.20 bits per heavy atom. The molecule has 1 aromatic rings. The van der Waals surface area contributed by atoms with E-state index in [0.29, 0.717) is 0 Å². The second kappa shape index (κ2) is 8.76. The van der Waals surface area contributed by atoms with Crippen LogP contribution in [0.1, 0.15) is 46.1 Å². The van der Waals surface area contributed by atoms with E-state index < -0.39 is 0 Å². The minimum atomic E-state index is -0.290. The van der Waals surface area contributed by atoms with Crippen molar-refractivity contribution in [3.63, 3.8) is 0 Å². The summed E-state index contributed by atoms with van der Waals surface area (Å²) in [6.45, 7) is 8.42. The average Bonchev–Trinajstić information content (AvgIpc) is 2.44. The van der Waals surface area contributed by atoms with Crippen LogP contribution in [0.4, 0.5) is 0 Å². The Bertz CT molecular complexity index is 438. The smallest absolute Gasteiger partial charge is 0.0634 e. The summed E-state index contributed by atoms with van der Waals surface area (Å²) in [5, 5.41) is 10.2. The largest absolute Gasteiger partial charge is 0.392 e. The molecule has 1 rings (SSSR count). The maximum atomic E-state index is 10.2. The van der Waals surface area contributed by atoms with E-state index in [4.69, 9.17) is 0 Å². The summed E-state index contributed by atoms with van der Waals surface area (Å²) in [4.78, 5) is 0. The zero-order chi connectivity index (χ0) is 15.0. The summed E-state index contributed by atoms with van der Waals surface area (Å²) in [5.41, 5.74) is 4.01. The fourth-order valence-corrected chi connectivity index (χ4v) is 2.21. The maximum absolute atomic E-state index is 10.2. The van der Waals surface area contributed by atoms with Crippen LogP contribution in [0, 0.1) is 5.92 Å². The van der Waals surface area contributed by atoms with E-state index in [1.807, 2.05) is 6.07 Å². The Morgan fingerprint density at radius 2 is 1.85 bits per heavy atom. The summed E-state index contributed by atoms with van der Waals surface area (Å²) in [6.07, 6.45) is 6.82. The molecule has 2 unspecified atom stereocenters. The van der Waals surface area contributed by atoms with Gasteiger partial charge >= 0.3 is 0 Å². The number of rotatable bonds is 7. The molecule has 1 N–H and O–H groups in total. The van der Waals surface area contributed by atoms with Crippen LogP contribution in [0.25, 0.3) is 0 Å². The summed E-state index contributed by atoms with van der Waals surface area (Å²) < 4.78 is 0. The van der Waals surface area contributed by atoms with Crippen molar-refractivity contribution < 1.29 is 5.11 Å². The van der Waals surface area contributed by atoms with Gasteiger partial charge in [0, 0.05) is 5.92 Å². The number of aliphatic hydroxyl groups excluding tert-OH is 1. The van der Waals surface area contributed by atoms with Gasteiger partial charge in [-0.3, -0.25) is 0 Å². The molecule has 0 amide bonds. The van der Waals surface area contributed by atoms with Crippen LogP contribution in [-0.4, -0.2) is 11.2 Å². The predicted octanol–water partition coefficient (Wildman–Crippen LogP) is 4.92. The third-order valence-corrected chi connectivity index (χ3v) is 3.60. The summed E-state index contributed by atoms with van der Waals surface area (Å²) in [6, 6.07) is 10.5. The quantitative estimate of drug-likeness (QED) is 0.699. The highest BCUT2D eigenvalue weighted by atomic mass is 16.3. The molecule has 0 aromatic heterocycles. The van der Waals surface area contributed by atoms with E-state index in [2.05, 4.69) is 64.1 Å². The Hall–Kier alpha value is -1.34. The fourth-order valence-electron chi connectivity index (χ4n) is 2.21. The van der Waals surface area contributed by atoms with Crippen LogP contribution in [0.15, 0.2) is 53.6 Å². The molecule has 0 radical (unpaired) electrons. The molecule has 0 aliphatic rings. The molecule has 0 heterocycles. The van der Waals surface area contributed by atoms with Crippen LogP contribution in [-0.2, 0) is 6.42 Å². The van der Waals surface area contributed by atoms with Crippen LogP contribution >= 0.6 is 0 Å². The highest BCUT2D eigenvalue weighted by Crippen LogP contribution is 2.17. The lowest BCUT2D eigenvalue weighted by Gasteiger charge is -2.16. The molecule has 0 spiro atoms. The molecule has 0 saturated heterocycles. The van der Waals surface area contributed by atoms with Gasteiger partial charge in [0.05, 0.1) is 6.10 Å². The molecule has 0 fully saturated rings. The Kier molecular flexibility index (Phi) is 7.32. The fraction of sp³-hybridized carbons (Fsp3) is 0.474. The number of aliphatic hydroxyl groups is 1. The average molecular weight is 272 g/mol. The molecule has 1 heteroatoms. The number of hydrogen-bond acceptors (Lipinski definition) is 1. The molecule has 2 atom stereocenters. The molecule has 0 aliphatic carbocycles. The second-order valence-electron chi connectivity index (χ2n) is 5.78. The van der Waals surface area contributed by atoms with Crippen molar-refractivity contribution >= 4 is 0 Å². The standard InChI is InChI=1S/C19H28O/c1-5-17(14-18-9-7-6-8-10-18)13-16(4)19(20)12-11-15(2)3/h6-11,13,16,19-20H,5,12,14H2,1-4H3/b17-13+. The highest BCUT2D eigenvalue weighted by molar-refractivity contribution is 5.22. The first-order chi connectivity index (χ1) is 9.52. The molecule has 0 saturated carbocycles. The van der Waals surface area contributed by atoms with Gasteiger partial charge in [0.1, 0.15) is 0 Å². The molecule has 20 heavy (non-hydrogen) atoms. The van der Waals surface area contributed by atoms with Crippen molar-refractivity contribution in [2.45, 2.75) is 53.1 Å². The van der Waals surface area contributed by atoms with E-state index in [9.17, 15) is 5.11 Å². The molecule has 1 nitrogen and oxygen atoms in total. The molecular formula is C19H28O. The van der Waals surface area contributed by atoms with E-state index in [0.717, 1.165) is 19.3 Å². The van der Waals surface area contributed by atoms with Crippen LogP contribution in [0.2, 0.25) is 0 Å². The van der Waals surface area contributed by atoms with Gasteiger partial charge < -0.3 is 5.11 Å².